The highest BCUT2D eigenvalue weighted by Crippen LogP contribution is 2.17. The summed E-state index contributed by atoms with van der Waals surface area (Å²) in [5.74, 6) is -0.103. The molecule has 5 heteroatoms. The molecule has 0 fully saturated rings. The Bertz CT molecular complexity index is 674. The van der Waals surface area contributed by atoms with E-state index in [1.54, 1.807) is 25.2 Å². The van der Waals surface area contributed by atoms with Gasteiger partial charge in [0.05, 0.1) is 22.3 Å². The fourth-order valence-corrected chi connectivity index (χ4v) is 2.96. The van der Waals surface area contributed by atoms with Crippen molar-refractivity contribution in [1.29, 1.82) is 0 Å². The van der Waals surface area contributed by atoms with Crippen LogP contribution in [0.25, 0.3) is 0 Å². The monoisotopic (exact) mass is 332 g/mol. The highest BCUT2D eigenvalue weighted by atomic mass is 32.1. The number of nitrogens with one attached hydrogen (secondary N) is 1. The second-order valence-electron chi connectivity index (χ2n) is 6.50. The van der Waals surface area contributed by atoms with Gasteiger partial charge >= 0.3 is 0 Å². The Morgan fingerprint density at radius 2 is 2.17 bits per heavy atom. The number of carbonyl (C=O) groups excluding carboxylic acids is 1. The summed E-state index contributed by atoms with van der Waals surface area (Å²) in [6.07, 6.45) is 1.40. The van der Waals surface area contributed by atoms with Gasteiger partial charge in [-0.25, -0.2) is 4.98 Å². The Hall–Kier alpha value is -1.72. The Labute approximate surface area is 141 Å². The Balaban J connectivity index is 2.02. The van der Waals surface area contributed by atoms with Gasteiger partial charge in [0.2, 0.25) is 0 Å². The van der Waals surface area contributed by atoms with Crippen LogP contribution >= 0.6 is 11.3 Å². The molecule has 0 spiro atoms. The van der Waals surface area contributed by atoms with Crippen LogP contribution in [0, 0.1) is 6.92 Å². The summed E-state index contributed by atoms with van der Waals surface area (Å²) in [6, 6.07) is 7.44. The quantitative estimate of drug-likeness (QED) is 0.849. The third-order valence-electron chi connectivity index (χ3n) is 3.64. The first-order valence-electron chi connectivity index (χ1n) is 7.79. The Kier molecular flexibility index (Phi) is 5.55. The van der Waals surface area contributed by atoms with E-state index < -0.39 is 5.60 Å². The summed E-state index contributed by atoms with van der Waals surface area (Å²) in [5, 5.41) is 15.8. The molecule has 1 amide bonds. The van der Waals surface area contributed by atoms with E-state index >= 15 is 0 Å². The van der Waals surface area contributed by atoms with Crippen molar-refractivity contribution in [3.63, 3.8) is 0 Å². The summed E-state index contributed by atoms with van der Waals surface area (Å²) < 4.78 is 0. The van der Waals surface area contributed by atoms with Gasteiger partial charge in [0.15, 0.2) is 0 Å². The normalized spacial score (nSPS) is 12.9. The van der Waals surface area contributed by atoms with Crippen LogP contribution in [0.15, 0.2) is 29.6 Å². The van der Waals surface area contributed by atoms with Gasteiger partial charge in [-0.2, -0.15) is 0 Å². The van der Waals surface area contributed by atoms with Crippen LogP contribution in [0.5, 0.6) is 0 Å². The third kappa shape index (κ3) is 5.44. The lowest BCUT2D eigenvalue weighted by molar-refractivity contribution is 0.0714. The van der Waals surface area contributed by atoms with Crippen molar-refractivity contribution in [2.75, 3.05) is 0 Å². The molecule has 0 saturated carbocycles. The van der Waals surface area contributed by atoms with Gasteiger partial charge < -0.3 is 10.4 Å². The molecular weight excluding hydrogens is 308 g/mol. The van der Waals surface area contributed by atoms with E-state index in [-0.39, 0.29) is 11.9 Å². The van der Waals surface area contributed by atoms with Crippen LogP contribution in [0.3, 0.4) is 0 Å². The standard InChI is InChI=1S/C18H24N2O2S/c1-12(16-11-23-13(2)20-16)19-17(21)15-7-5-6-14(10-15)8-9-18(3,4)22/h5-7,10-12,22H,8-9H2,1-4H3,(H,19,21)/t12-/m1/s1. The average molecular weight is 332 g/mol. The summed E-state index contributed by atoms with van der Waals surface area (Å²) in [4.78, 5) is 16.8. The van der Waals surface area contributed by atoms with Gasteiger partial charge in [-0.05, 0) is 58.2 Å². The highest BCUT2D eigenvalue weighted by Gasteiger charge is 2.15. The lowest BCUT2D eigenvalue weighted by atomic mass is 9.98. The van der Waals surface area contributed by atoms with Crippen LogP contribution in [-0.2, 0) is 6.42 Å². The van der Waals surface area contributed by atoms with Crippen molar-refractivity contribution in [2.45, 2.75) is 52.2 Å². The second-order valence-corrected chi connectivity index (χ2v) is 7.56. The van der Waals surface area contributed by atoms with Crippen LogP contribution in [0.2, 0.25) is 0 Å². The number of aryl methyl sites for hydroxylation is 2. The molecule has 2 aromatic rings. The van der Waals surface area contributed by atoms with Crippen LogP contribution in [0.4, 0.5) is 0 Å². The molecular formula is C18H24N2O2S. The SMILES string of the molecule is Cc1nc([C@@H](C)NC(=O)c2cccc(CCC(C)(C)O)c2)cs1. The van der Waals surface area contributed by atoms with Gasteiger partial charge in [-0.3, -0.25) is 4.79 Å². The number of nitrogens with zero attached hydrogens (tertiary/aromatic N) is 1. The Morgan fingerprint density at radius 1 is 1.43 bits per heavy atom. The van der Waals surface area contributed by atoms with E-state index in [9.17, 15) is 9.90 Å². The molecule has 1 aromatic carbocycles. The number of carbonyl (C=O) groups is 1. The van der Waals surface area contributed by atoms with E-state index in [0.717, 1.165) is 22.7 Å². The van der Waals surface area contributed by atoms with Crippen molar-refractivity contribution >= 4 is 17.2 Å². The molecule has 0 radical (unpaired) electrons. The molecule has 4 nitrogen and oxygen atoms in total. The maximum Gasteiger partial charge on any atom is 0.251 e. The zero-order chi connectivity index (χ0) is 17.0. The van der Waals surface area contributed by atoms with E-state index in [1.807, 2.05) is 43.5 Å². The number of thiazole rings is 1. The third-order valence-corrected chi connectivity index (χ3v) is 4.43. The largest absolute Gasteiger partial charge is 0.390 e. The van der Waals surface area contributed by atoms with E-state index in [0.29, 0.717) is 12.0 Å². The number of hydrogen-bond donors (Lipinski definition) is 2. The fourth-order valence-electron chi connectivity index (χ4n) is 2.25. The fraction of sp³-hybridized carbons (Fsp3) is 0.444. The van der Waals surface area contributed by atoms with Crippen molar-refractivity contribution in [1.82, 2.24) is 10.3 Å². The molecule has 0 aliphatic rings. The average Bonchev–Trinajstić information content (AvgIpc) is 2.91. The second kappa shape index (κ2) is 7.23. The first-order valence-corrected chi connectivity index (χ1v) is 8.67. The lowest BCUT2D eigenvalue weighted by Crippen LogP contribution is -2.27. The van der Waals surface area contributed by atoms with Crippen molar-refractivity contribution in [3.05, 3.63) is 51.5 Å². The molecule has 2 rings (SSSR count). The highest BCUT2D eigenvalue weighted by molar-refractivity contribution is 7.09. The van der Waals surface area contributed by atoms with Crippen molar-refractivity contribution < 1.29 is 9.90 Å². The van der Waals surface area contributed by atoms with Gasteiger partial charge in [-0.1, -0.05) is 12.1 Å². The molecule has 0 bridgehead atoms. The van der Waals surface area contributed by atoms with Gasteiger partial charge in [0, 0.05) is 10.9 Å². The Morgan fingerprint density at radius 3 is 2.78 bits per heavy atom. The van der Waals surface area contributed by atoms with Crippen LogP contribution in [0.1, 0.15) is 59.9 Å². The molecule has 2 N–H and O–H groups in total. The molecule has 0 saturated heterocycles. The molecule has 0 aliphatic heterocycles. The first-order chi connectivity index (χ1) is 10.7. The number of aromatic nitrogens is 1. The zero-order valence-electron chi connectivity index (χ0n) is 14.1. The minimum atomic E-state index is -0.699. The zero-order valence-corrected chi connectivity index (χ0v) is 14.9. The smallest absolute Gasteiger partial charge is 0.251 e. The molecule has 124 valence electrons. The molecule has 23 heavy (non-hydrogen) atoms. The number of benzene rings is 1. The molecule has 1 atom stereocenters. The lowest BCUT2D eigenvalue weighted by Gasteiger charge is -2.17. The van der Waals surface area contributed by atoms with E-state index in [4.69, 9.17) is 0 Å². The number of hydrogen-bond acceptors (Lipinski definition) is 4. The summed E-state index contributed by atoms with van der Waals surface area (Å²) >= 11 is 1.58. The van der Waals surface area contributed by atoms with E-state index in [2.05, 4.69) is 10.3 Å². The van der Waals surface area contributed by atoms with Gasteiger partial charge in [0.1, 0.15) is 0 Å². The maximum absolute atomic E-state index is 12.4. The first kappa shape index (κ1) is 17.6. The van der Waals surface area contributed by atoms with Crippen LogP contribution < -0.4 is 5.32 Å². The van der Waals surface area contributed by atoms with Gasteiger partial charge in [0.25, 0.3) is 5.91 Å². The minimum Gasteiger partial charge on any atom is -0.390 e. The molecule has 1 aromatic heterocycles. The summed E-state index contributed by atoms with van der Waals surface area (Å²) in [6.45, 7) is 7.47. The number of rotatable bonds is 6. The number of amides is 1. The topological polar surface area (TPSA) is 62.2 Å². The van der Waals surface area contributed by atoms with Crippen molar-refractivity contribution in [3.8, 4) is 0 Å². The van der Waals surface area contributed by atoms with Gasteiger partial charge in [-0.15, -0.1) is 11.3 Å². The number of aliphatic hydroxyl groups is 1. The predicted octanol–water partition coefficient (Wildman–Crippen LogP) is 3.65. The van der Waals surface area contributed by atoms with Crippen LogP contribution in [-0.4, -0.2) is 21.6 Å². The summed E-state index contributed by atoms with van der Waals surface area (Å²) in [7, 11) is 0. The minimum absolute atomic E-state index is 0.103. The van der Waals surface area contributed by atoms with Crippen molar-refractivity contribution in [2.24, 2.45) is 0 Å². The molecule has 0 aliphatic carbocycles. The maximum atomic E-state index is 12.4. The molecule has 0 unspecified atom stereocenters. The molecule has 1 heterocycles. The summed E-state index contributed by atoms with van der Waals surface area (Å²) in [5.41, 5.74) is 1.88. The van der Waals surface area contributed by atoms with E-state index in [1.165, 1.54) is 0 Å². The predicted molar refractivity (Wildman–Crippen MR) is 93.8 cm³/mol.